The van der Waals surface area contributed by atoms with Crippen LogP contribution in [-0.4, -0.2) is 23.6 Å². The summed E-state index contributed by atoms with van der Waals surface area (Å²) in [5, 5.41) is 0.178. The molecule has 2 atom stereocenters. The Bertz CT molecular complexity index is 392. The standard InChI is InChI=1S/C15H23NO2S/c1-4-12-6-8-13(9-7-12)15(16)11(3)19-10-14(17)18-5-2/h6-9,11,15H,4-5,10,16H2,1-3H3. The van der Waals surface area contributed by atoms with Gasteiger partial charge < -0.3 is 10.5 Å². The average Bonchev–Trinajstić information content (AvgIpc) is 2.44. The molecule has 3 nitrogen and oxygen atoms in total. The number of ether oxygens (including phenoxy) is 1. The molecule has 1 rings (SSSR count). The van der Waals surface area contributed by atoms with Crippen molar-refractivity contribution in [3.63, 3.8) is 0 Å². The maximum absolute atomic E-state index is 11.3. The molecule has 0 aliphatic carbocycles. The molecule has 0 spiro atoms. The molecule has 0 amide bonds. The molecule has 0 heterocycles. The van der Waals surface area contributed by atoms with E-state index in [-0.39, 0.29) is 17.3 Å². The molecule has 0 aliphatic rings. The molecule has 2 unspecified atom stereocenters. The van der Waals surface area contributed by atoms with Gasteiger partial charge in [0.05, 0.1) is 12.4 Å². The monoisotopic (exact) mass is 281 g/mol. The number of carbonyl (C=O) groups is 1. The summed E-state index contributed by atoms with van der Waals surface area (Å²) in [4.78, 5) is 11.3. The second kappa shape index (κ2) is 8.23. The maximum atomic E-state index is 11.3. The smallest absolute Gasteiger partial charge is 0.315 e. The second-order valence-corrected chi connectivity index (χ2v) is 5.81. The predicted octanol–water partition coefficient (Wildman–Crippen LogP) is 2.93. The highest BCUT2D eigenvalue weighted by Gasteiger charge is 2.17. The lowest BCUT2D eigenvalue weighted by Crippen LogP contribution is -2.22. The van der Waals surface area contributed by atoms with E-state index in [0.717, 1.165) is 12.0 Å². The number of hydrogen-bond acceptors (Lipinski definition) is 4. The number of rotatable bonds is 7. The van der Waals surface area contributed by atoms with E-state index >= 15 is 0 Å². The van der Waals surface area contributed by atoms with Gasteiger partial charge in [0.25, 0.3) is 0 Å². The molecule has 1 aromatic carbocycles. The molecule has 106 valence electrons. The summed E-state index contributed by atoms with van der Waals surface area (Å²) in [7, 11) is 0. The number of nitrogens with two attached hydrogens (primary N) is 1. The van der Waals surface area contributed by atoms with E-state index in [2.05, 4.69) is 31.2 Å². The predicted molar refractivity (Wildman–Crippen MR) is 81.3 cm³/mol. The zero-order chi connectivity index (χ0) is 14.3. The van der Waals surface area contributed by atoms with E-state index in [0.29, 0.717) is 12.4 Å². The van der Waals surface area contributed by atoms with Crippen LogP contribution in [0.4, 0.5) is 0 Å². The molecule has 0 radical (unpaired) electrons. The molecule has 0 aromatic heterocycles. The SMILES string of the molecule is CCOC(=O)CSC(C)C(N)c1ccc(CC)cc1. The average molecular weight is 281 g/mol. The zero-order valence-electron chi connectivity index (χ0n) is 11.9. The Morgan fingerprint density at radius 1 is 1.32 bits per heavy atom. The summed E-state index contributed by atoms with van der Waals surface area (Å²) in [5.41, 5.74) is 8.64. The summed E-state index contributed by atoms with van der Waals surface area (Å²) in [5.74, 6) is 0.184. The Kier molecular flexibility index (Phi) is 6.95. The van der Waals surface area contributed by atoms with Gasteiger partial charge in [0.15, 0.2) is 0 Å². The lowest BCUT2D eigenvalue weighted by atomic mass is 10.0. The Hall–Kier alpha value is -1.00. The van der Waals surface area contributed by atoms with Crippen molar-refractivity contribution >= 4 is 17.7 Å². The van der Waals surface area contributed by atoms with Crippen molar-refractivity contribution in [2.75, 3.05) is 12.4 Å². The van der Waals surface area contributed by atoms with Crippen LogP contribution in [-0.2, 0) is 16.0 Å². The largest absolute Gasteiger partial charge is 0.465 e. The lowest BCUT2D eigenvalue weighted by molar-refractivity contribution is -0.139. The lowest BCUT2D eigenvalue weighted by Gasteiger charge is -2.19. The van der Waals surface area contributed by atoms with Crippen LogP contribution in [0.1, 0.15) is 37.9 Å². The molecule has 0 fully saturated rings. The number of benzene rings is 1. The van der Waals surface area contributed by atoms with Gasteiger partial charge in [-0.3, -0.25) is 4.79 Å². The van der Waals surface area contributed by atoms with Crippen molar-refractivity contribution in [3.05, 3.63) is 35.4 Å². The normalized spacial score (nSPS) is 13.9. The fraction of sp³-hybridized carbons (Fsp3) is 0.533. The van der Waals surface area contributed by atoms with Crippen LogP contribution in [0.5, 0.6) is 0 Å². The minimum absolute atomic E-state index is 0.0645. The molecule has 0 aliphatic heterocycles. The topological polar surface area (TPSA) is 52.3 Å². The third kappa shape index (κ3) is 5.25. The molecule has 0 bridgehead atoms. The Balaban J connectivity index is 2.50. The van der Waals surface area contributed by atoms with Crippen LogP contribution < -0.4 is 5.73 Å². The molecular formula is C15H23NO2S. The third-order valence-corrected chi connectivity index (χ3v) is 4.27. The first-order chi connectivity index (χ1) is 9.08. The van der Waals surface area contributed by atoms with Gasteiger partial charge in [-0.2, -0.15) is 0 Å². The summed E-state index contributed by atoms with van der Waals surface area (Å²) in [6.07, 6.45) is 1.03. The first-order valence-corrected chi connectivity index (χ1v) is 7.75. The highest BCUT2D eigenvalue weighted by Crippen LogP contribution is 2.24. The summed E-state index contributed by atoms with van der Waals surface area (Å²) in [6.45, 7) is 6.42. The van der Waals surface area contributed by atoms with Crippen molar-refractivity contribution < 1.29 is 9.53 Å². The zero-order valence-corrected chi connectivity index (χ0v) is 12.7. The summed E-state index contributed by atoms with van der Waals surface area (Å²) >= 11 is 1.54. The molecule has 0 saturated heterocycles. The quantitative estimate of drug-likeness (QED) is 0.781. The first kappa shape index (κ1) is 16.1. The Morgan fingerprint density at radius 3 is 2.47 bits per heavy atom. The highest BCUT2D eigenvalue weighted by molar-refractivity contribution is 8.00. The van der Waals surface area contributed by atoms with Crippen molar-refractivity contribution in [2.45, 2.75) is 38.5 Å². The Morgan fingerprint density at radius 2 is 1.95 bits per heavy atom. The van der Waals surface area contributed by atoms with Gasteiger partial charge in [0, 0.05) is 11.3 Å². The van der Waals surface area contributed by atoms with Gasteiger partial charge in [-0.1, -0.05) is 38.1 Å². The van der Waals surface area contributed by atoms with Gasteiger partial charge in [-0.05, 0) is 24.5 Å². The minimum atomic E-state index is -0.173. The number of hydrogen-bond donors (Lipinski definition) is 1. The van der Waals surface area contributed by atoms with Gasteiger partial charge in [0.2, 0.25) is 0 Å². The van der Waals surface area contributed by atoms with Gasteiger partial charge in [0.1, 0.15) is 0 Å². The van der Waals surface area contributed by atoms with Gasteiger partial charge in [-0.15, -0.1) is 11.8 Å². The third-order valence-electron chi connectivity index (χ3n) is 3.05. The second-order valence-electron chi connectivity index (χ2n) is 4.44. The van der Waals surface area contributed by atoms with Gasteiger partial charge >= 0.3 is 5.97 Å². The number of thioether (sulfide) groups is 1. The van der Waals surface area contributed by atoms with Crippen LogP contribution in [0.3, 0.4) is 0 Å². The number of carbonyl (C=O) groups excluding carboxylic acids is 1. The van der Waals surface area contributed by atoms with Gasteiger partial charge in [-0.25, -0.2) is 0 Å². The number of aryl methyl sites for hydroxylation is 1. The fourth-order valence-electron chi connectivity index (χ4n) is 1.75. The maximum Gasteiger partial charge on any atom is 0.315 e. The van der Waals surface area contributed by atoms with E-state index in [1.807, 2.05) is 13.8 Å². The molecule has 0 saturated carbocycles. The molecule has 2 N–H and O–H groups in total. The minimum Gasteiger partial charge on any atom is -0.465 e. The van der Waals surface area contributed by atoms with Crippen LogP contribution in [0.25, 0.3) is 0 Å². The molecule has 1 aromatic rings. The van der Waals surface area contributed by atoms with E-state index < -0.39 is 0 Å². The van der Waals surface area contributed by atoms with Crippen LogP contribution in [0, 0.1) is 0 Å². The van der Waals surface area contributed by atoms with Crippen molar-refractivity contribution in [3.8, 4) is 0 Å². The van der Waals surface area contributed by atoms with Crippen molar-refractivity contribution in [1.29, 1.82) is 0 Å². The van der Waals surface area contributed by atoms with Crippen LogP contribution in [0.15, 0.2) is 24.3 Å². The van der Waals surface area contributed by atoms with Crippen LogP contribution >= 0.6 is 11.8 Å². The van der Waals surface area contributed by atoms with E-state index in [4.69, 9.17) is 10.5 Å². The molecule has 19 heavy (non-hydrogen) atoms. The van der Waals surface area contributed by atoms with E-state index in [1.54, 1.807) is 0 Å². The van der Waals surface area contributed by atoms with Crippen molar-refractivity contribution in [1.82, 2.24) is 0 Å². The summed E-state index contributed by atoms with van der Waals surface area (Å²) in [6, 6.07) is 8.30. The number of esters is 1. The van der Waals surface area contributed by atoms with Crippen molar-refractivity contribution in [2.24, 2.45) is 5.73 Å². The highest BCUT2D eigenvalue weighted by atomic mass is 32.2. The molecule has 4 heteroatoms. The van der Waals surface area contributed by atoms with E-state index in [1.165, 1.54) is 17.3 Å². The Labute approximate surface area is 119 Å². The summed E-state index contributed by atoms with van der Waals surface area (Å²) < 4.78 is 4.91. The molecular weight excluding hydrogens is 258 g/mol. The first-order valence-electron chi connectivity index (χ1n) is 6.70. The van der Waals surface area contributed by atoms with E-state index in [9.17, 15) is 4.79 Å². The fourth-order valence-corrected chi connectivity index (χ4v) is 2.60. The van der Waals surface area contributed by atoms with Crippen LogP contribution in [0.2, 0.25) is 0 Å².